The highest BCUT2D eigenvalue weighted by Crippen LogP contribution is 2.28. The maximum atomic E-state index is 12.4. The van der Waals surface area contributed by atoms with E-state index >= 15 is 0 Å². The van der Waals surface area contributed by atoms with Crippen LogP contribution in [0.1, 0.15) is 24.1 Å². The van der Waals surface area contributed by atoms with E-state index in [2.05, 4.69) is 25.9 Å². The Bertz CT molecular complexity index is 1650. The Morgan fingerprint density at radius 2 is 2.03 bits per heavy atom. The first kappa shape index (κ1) is 24.8. The first-order valence-electron chi connectivity index (χ1n) is 11.4. The van der Waals surface area contributed by atoms with E-state index < -0.39 is 0 Å². The van der Waals surface area contributed by atoms with Crippen molar-refractivity contribution in [2.45, 2.75) is 20.3 Å². The molecule has 0 aliphatic heterocycles. The Morgan fingerprint density at radius 3 is 2.84 bits per heavy atom. The smallest absolute Gasteiger partial charge is 0.250 e. The van der Waals surface area contributed by atoms with E-state index in [9.17, 15) is 4.79 Å². The van der Waals surface area contributed by atoms with Gasteiger partial charge in [-0.25, -0.2) is 0 Å². The minimum atomic E-state index is -0.384. The quantitative estimate of drug-likeness (QED) is 0.193. The molecular weight excluding hydrogens is 528 g/mol. The lowest BCUT2D eigenvalue weighted by Gasteiger charge is -2.09. The van der Waals surface area contributed by atoms with E-state index in [-0.39, 0.29) is 11.0 Å². The van der Waals surface area contributed by atoms with Crippen molar-refractivity contribution in [3.05, 3.63) is 82.8 Å². The fourth-order valence-corrected chi connectivity index (χ4v) is 4.80. The van der Waals surface area contributed by atoms with Crippen LogP contribution in [0.5, 0.6) is 0 Å². The number of nitrogens with one attached hydrogen (secondary N) is 2. The molecule has 0 saturated carbocycles. The van der Waals surface area contributed by atoms with Crippen LogP contribution in [0, 0.1) is 6.92 Å². The molecule has 3 aromatic heterocycles. The third kappa shape index (κ3) is 5.61. The molecule has 186 valence electrons. The van der Waals surface area contributed by atoms with Crippen LogP contribution >= 0.6 is 35.2 Å². The van der Waals surface area contributed by atoms with Crippen molar-refractivity contribution in [1.82, 2.24) is 25.1 Å². The fraction of sp³-hybridized carbons (Fsp3) is 0.115. The molecule has 0 atom stereocenters. The zero-order valence-electron chi connectivity index (χ0n) is 19.9. The molecule has 0 aliphatic carbocycles. The highest BCUT2D eigenvalue weighted by Gasteiger charge is 2.12. The van der Waals surface area contributed by atoms with Crippen molar-refractivity contribution in [3.8, 4) is 21.9 Å². The van der Waals surface area contributed by atoms with Crippen LogP contribution < -0.4 is 10.6 Å². The number of amides is 1. The topological polar surface area (TPSA) is 97.3 Å². The molecule has 0 radical (unpaired) electrons. The maximum absolute atomic E-state index is 12.4. The Balaban J connectivity index is 1.20. The van der Waals surface area contributed by atoms with Crippen LogP contribution in [0.15, 0.2) is 65.1 Å². The molecule has 2 aromatic carbocycles. The summed E-state index contributed by atoms with van der Waals surface area (Å²) >= 11 is 13.0. The number of halogens is 1. The van der Waals surface area contributed by atoms with Gasteiger partial charge in [0.15, 0.2) is 10.9 Å². The van der Waals surface area contributed by atoms with Gasteiger partial charge in [0.05, 0.1) is 0 Å². The first-order valence-corrected chi connectivity index (χ1v) is 13.0. The van der Waals surface area contributed by atoms with Gasteiger partial charge in [0.2, 0.25) is 10.9 Å². The number of hydrogen-bond donors (Lipinski definition) is 2. The van der Waals surface area contributed by atoms with E-state index in [1.54, 1.807) is 16.7 Å². The molecule has 0 spiro atoms. The normalized spacial score (nSPS) is 11.3. The third-order valence-corrected chi connectivity index (χ3v) is 7.02. The number of nitrogens with zero attached hydrogens (tertiary/aromatic N) is 4. The van der Waals surface area contributed by atoms with Crippen molar-refractivity contribution in [1.29, 1.82) is 0 Å². The van der Waals surface area contributed by atoms with Gasteiger partial charge in [-0.05, 0) is 61.1 Å². The molecular formula is C26H21ClN6O2S2. The number of aromatic nitrogens is 4. The van der Waals surface area contributed by atoms with Crippen LogP contribution in [-0.2, 0) is 11.2 Å². The van der Waals surface area contributed by atoms with Crippen molar-refractivity contribution >= 4 is 62.9 Å². The Kier molecular flexibility index (Phi) is 7.13. The van der Waals surface area contributed by atoms with Gasteiger partial charge >= 0.3 is 0 Å². The molecule has 5 aromatic rings. The molecule has 0 fully saturated rings. The number of aryl methyl sites for hydroxylation is 2. The summed E-state index contributed by atoms with van der Waals surface area (Å²) in [5.41, 5.74) is 3.48. The Hall–Kier alpha value is -3.86. The second-order valence-corrected chi connectivity index (χ2v) is 9.87. The highest BCUT2D eigenvalue weighted by atomic mass is 35.5. The molecule has 5 rings (SSSR count). The number of hydrogen-bond acceptors (Lipinski definition) is 7. The summed E-state index contributed by atoms with van der Waals surface area (Å²) in [6.45, 7) is 3.95. The molecule has 3 heterocycles. The molecule has 0 unspecified atom stereocenters. The van der Waals surface area contributed by atoms with E-state index in [0.29, 0.717) is 16.5 Å². The van der Waals surface area contributed by atoms with Gasteiger partial charge in [0, 0.05) is 34.3 Å². The summed E-state index contributed by atoms with van der Waals surface area (Å²) in [6, 6.07) is 16.9. The average Bonchev–Trinajstić information content (AvgIpc) is 3.61. The summed E-state index contributed by atoms with van der Waals surface area (Å²) in [5.74, 6) is 1.62. The maximum Gasteiger partial charge on any atom is 0.250 e. The zero-order chi connectivity index (χ0) is 25.9. The van der Waals surface area contributed by atoms with Crippen molar-refractivity contribution < 1.29 is 9.21 Å². The average molecular weight is 549 g/mol. The predicted molar refractivity (Wildman–Crippen MR) is 151 cm³/mol. The van der Waals surface area contributed by atoms with Crippen molar-refractivity contribution in [3.63, 3.8) is 0 Å². The van der Waals surface area contributed by atoms with Crippen LogP contribution in [-0.4, -0.2) is 30.8 Å². The number of fused-ring (bicyclic) bond motifs is 1. The standard InChI is InChI=1S/C26H21ClN6O2S2/c1-3-22-30-31-26-33(22)32-24(37-26)17-5-4-6-18(13-17)28-25(36)29-23(34)12-10-19-9-11-21(35-19)16-8-7-15(2)20(27)14-16/h4-14H,3H2,1-2H3,(H2,28,29,34,36)/b12-10+. The van der Waals surface area contributed by atoms with E-state index in [4.69, 9.17) is 28.2 Å². The molecule has 0 saturated heterocycles. The van der Waals surface area contributed by atoms with Gasteiger partial charge in [0.25, 0.3) is 0 Å². The number of thiocarbonyl (C=S) groups is 1. The monoisotopic (exact) mass is 548 g/mol. The van der Waals surface area contributed by atoms with Gasteiger partial charge in [-0.3, -0.25) is 10.1 Å². The predicted octanol–water partition coefficient (Wildman–Crippen LogP) is 6.16. The Labute approximate surface area is 227 Å². The Morgan fingerprint density at radius 1 is 1.16 bits per heavy atom. The second-order valence-electron chi connectivity index (χ2n) is 8.09. The lowest BCUT2D eigenvalue weighted by molar-refractivity contribution is -0.115. The molecule has 11 heteroatoms. The molecule has 0 bridgehead atoms. The third-order valence-electron chi connectivity index (χ3n) is 5.46. The molecule has 37 heavy (non-hydrogen) atoms. The fourth-order valence-electron chi connectivity index (χ4n) is 3.54. The molecule has 0 aliphatic rings. The van der Waals surface area contributed by atoms with E-state index in [1.807, 2.05) is 62.4 Å². The largest absolute Gasteiger partial charge is 0.457 e. The highest BCUT2D eigenvalue weighted by molar-refractivity contribution is 7.80. The van der Waals surface area contributed by atoms with Crippen LogP contribution in [0.25, 0.3) is 32.9 Å². The second kappa shape index (κ2) is 10.6. The number of rotatable bonds is 6. The summed E-state index contributed by atoms with van der Waals surface area (Å²) in [7, 11) is 0. The SMILES string of the molecule is CCc1nnc2sc(-c3cccc(NC(=S)NC(=O)/C=C/c4ccc(-c5ccc(C)c(Cl)c5)o4)c3)nn12. The number of anilines is 1. The van der Waals surface area contributed by atoms with Crippen LogP contribution in [0.3, 0.4) is 0 Å². The minimum absolute atomic E-state index is 0.174. The zero-order valence-corrected chi connectivity index (χ0v) is 22.2. The lowest BCUT2D eigenvalue weighted by atomic mass is 10.1. The number of benzene rings is 2. The molecule has 2 N–H and O–H groups in total. The summed E-state index contributed by atoms with van der Waals surface area (Å²) in [5, 5.41) is 20.2. The number of carbonyl (C=O) groups is 1. The first-order chi connectivity index (χ1) is 17.9. The number of furan rings is 1. The van der Waals surface area contributed by atoms with Gasteiger partial charge in [-0.15, -0.1) is 10.2 Å². The van der Waals surface area contributed by atoms with E-state index in [0.717, 1.165) is 44.6 Å². The van der Waals surface area contributed by atoms with Gasteiger partial charge in [-0.2, -0.15) is 9.61 Å². The summed E-state index contributed by atoms with van der Waals surface area (Å²) in [4.78, 5) is 13.1. The molecule has 8 nitrogen and oxygen atoms in total. The summed E-state index contributed by atoms with van der Waals surface area (Å²) in [6.07, 6.45) is 3.69. The van der Waals surface area contributed by atoms with Crippen LogP contribution in [0.2, 0.25) is 5.02 Å². The molecule has 1 amide bonds. The van der Waals surface area contributed by atoms with E-state index in [1.165, 1.54) is 17.4 Å². The van der Waals surface area contributed by atoms with Crippen LogP contribution in [0.4, 0.5) is 5.69 Å². The lowest BCUT2D eigenvalue weighted by Crippen LogP contribution is -2.32. The van der Waals surface area contributed by atoms with Gasteiger partial charge in [-0.1, -0.05) is 54.1 Å². The minimum Gasteiger partial charge on any atom is -0.457 e. The van der Waals surface area contributed by atoms with Gasteiger partial charge < -0.3 is 9.73 Å². The summed E-state index contributed by atoms with van der Waals surface area (Å²) < 4.78 is 7.57. The number of carbonyl (C=O) groups excluding carboxylic acids is 1. The van der Waals surface area contributed by atoms with Crippen molar-refractivity contribution in [2.24, 2.45) is 0 Å². The van der Waals surface area contributed by atoms with Crippen molar-refractivity contribution in [2.75, 3.05) is 5.32 Å². The van der Waals surface area contributed by atoms with Gasteiger partial charge in [0.1, 0.15) is 16.5 Å².